The zero-order valence-corrected chi connectivity index (χ0v) is 20.6. The van der Waals surface area contributed by atoms with Crippen LogP contribution in [0.3, 0.4) is 0 Å². The summed E-state index contributed by atoms with van der Waals surface area (Å²) < 4.78 is 30.5. The number of rotatable bonds is 5. The van der Waals surface area contributed by atoms with Gasteiger partial charge in [0, 0.05) is 18.3 Å². The van der Waals surface area contributed by atoms with Gasteiger partial charge < -0.3 is 15.4 Å². The van der Waals surface area contributed by atoms with Crippen LogP contribution in [-0.2, 0) is 14.6 Å². The van der Waals surface area contributed by atoms with Gasteiger partial charge in [-0.1, -0.05) is 0 Å². The van der Waals surface area contributed by atoms with Crippen molar-refractivity contribution in [2.45, 2.75) is 69.0 Å². The number of hydrogen-bond acceptors (Lipinski definition) is 8. The van der Waals surface area contributed by atoms with Crippen molar-refractivity contribution in [2.75, 3.05) is 11.6 Å². The number of carbonyl (C=O) groups excluding carboxylic acids is 1. The van der Waals surface area contributed by atoms with Gasteiger partial charge in [0.15, 0.2) is 15.5 Å². The molecule has 0 spiro atoms. The molecule has 0 atom stereocenters. The van der Waals surface area contributed by atoms with Crippen LogP contribution in [0.5, 0.6) is 0 Å². The van der Waals surface area contributed by atoms with Gasteiger partial charge in [0.25, 0.3) is 0 Å². The molecule has 2 aromatic heterocycles. The molecule has 1 aliphatic carbocycles. The van der Waals surface area contributed by atoms with E-state index in [1.54, 1.807) is 35.1 Å². The Kier molecular flexibility index (Phi) is 6.48. The first-order chi connectivity index (χ1) is 16.0. The highest BCUT2D eigenvalue weighted by Gasteiger charge is 2.25. The Morgan fingerprint density at radius 2 is 1.71 bits per heavy atom. The Morgan fingerprint density at radius 1 is 1.06 bits per heavy atom. The Bertz CT molecular complexity index is 1270. The van der Waals surface area contributed by atoms with Crippen LogP contribution in [0.2, 0.25) is 0 Å². The van der Waals surface area contributed by atoms with E-state index in [4.69, 9.17) is 4.74 Å². The van der Waals surface area contributed by atoms with Crippen LogP contribution in [-0.4, -0.2) is 58.2 Å². The summed E-state index contributed by atoms with van der Waals surface area (Å²) in [4.78, 5) is 21.1. The van der Waals surface area contributed by atoms with Crippen molar-refractivity contribution in [3.8, 4) is 5.69 Å². The molecule has 4 rings (SSSR count). The maximum absolute atomic E-state index is 12.0. The third kappa shape index (κ3) is 5.64. The molecule has 34 heavy (non-hydrogen) atoms. The maximum Gasteiger partial charge on any atom is 0.407 e. The Labute approximate surface area is 199 Å². The fourth-order valence-electron chi connectivity index (χ4n) is 4.03. The molecule has 1 fully saturated rings. The second-order valence-electron chi connectivity index (χ2n) is 9.62. The van der Waals surface area contributed by atoms with Gasteiger partial charge in [-0.15, -0.1) is 0 Å². The molecule has 1 amide bonds. The molecule has 182 valence electrons. The molecule has 10 nitrogen and oxygen atoms in total. The standard InChI is InChI=1S/C23H30N6O4S/c1-23(2,3)33-22(30)28-16-7-5-15(6-8-16)27-20-19-13-26-29(21(19)25-14-24-20)17-9-11-18(12-10-17)34(4,31)32/h9-16H,5-8H2,1-4H3,(H,28,30)(H,24,25,27)/t15-,16-. The van der Waals surface area contributed by atoms with Crippen LogP contribution in [0.1, 0.15) is 46.5 Å². The van der Waals surface area contributed by atoms with E-state index in [0.29, 0.717) is 17.2 Å². The summed E-state index contributed by atoms with van der Waals surface area (Å²) >= 11 is 0. The summed E-state index contributed by atoms with van der Waals surface area (Å²) in [6, 6.07) is 6.83. The van der Waals surface area contributed by atoms with Crippen LogP contribution in [0.25, 0.3) is 16.7 Å². The average molecular weight is 487 g/mol. The van der Waals surface area contributed by atoms with Crippen molar-refractivity contribution in [3.05, 3.63) is 36.8 Å². The quantitative estimate of drug-likeness (QED) is 0.561. The monoisotopic (exact) mass is 486 g/mol. The lowest BCUT2D eigenvalue weighted by atomic mass is 9.91. The van der Waals surface area contributed by atoms with Crippen LogP contribution in [0.15, 0.2) is 41.7 Å². The average Bonchev–Trinajstić information content (AvgIpc) is 3.18. The maximum atomic E-state index is 12.0. The largest absolute Gasteiger partial charge is 0.444 e. The van der Waals surface area contributed by atoms with E-state index in [9.17, 15) is 13.2 Å². The summed E-state index contributed by atoms with van der Waals surface area (Å²) in [5, 5.41) is 11.7. The van der Waals surface area contributed by atoms with Crippen LogP contribution < -0.4 is 10.6 Å². The lowest BCUT2D eigenvalue weighted by Gasteiger charge is -2.30. The smallest absolute Gasteiger partial charge is 0.407 e. The minimum absolute atomic E-state index is 0.0935. The van der Waals surface area contributed by atoms with Crippen molar-refractivity contribution in [3.63, 3.8) is 0 Å². The molecule has 2 N–H and O–H groups in total. The number of amides is 1. The van der Waals surface area contributed by atoms with E-state index < -0.39 is 15.4 Å². The molecule has 0 saturated heterocycles. The predicted molar refractivity (Wildman–Crippen MR) is 129 cm³/mol. The molecule has 0 radical (unpaired) electrons. The SMILES string of the molecule is CC(C)(C)OC(=O)N[C@H]1CC[C@H](Nc2ncnc3c2cnn3-c2ccc(S(C)(=O)=O)cc2)CC1. The highest BCUT2D eigenvalue weighted by atomic mass is 32.2. The van der Waals surface area contributed by atoms with Crippen LogP contribution >= 0.6 is 0 Å². The molecule has 3 aromatic rings. The van der Waals surface area contributed by atoms with Crippen molar-refractivity contribution < 1.29 is 17.9 Å². The van der Waals surface area contributed by atoms with Crippen LogP contribution in [0, 0.1) is 0 Å². The van der Waals surface area contributed by atoms with Gasteiger partial charge in [-0.25, -0.2) is 27.9 Å². The molecule has 0 bridgehead atoms. The van der Waals surface area contributed by atoms with Crippen molar-refractivity contribution in [1.29, 1.82) is 0 Å². The fraction of sp³-hybridized carbons (Fsp3) is 0.478. The van der Waals surface area contributed by atoms with Crippen molar-refractivity contribution in [1.82, 2.24) is 25.1 Å². The van der Waals surface area contributed by atoms with E-state index in [1.807, 2.05) is 20.8 Å². The number of nitrogens with zero attached hydrogens (tertiary/aromatic N) is 4. The fourth-order valence-corrected chi connectivity index (χ4v) is 4.66. The first-order valence-electron chi connectivity index (χ1n) is 11.2. The molecule has 1 aliphatic rings. The lowest BCUT2D eigenvalue weighted by molar-refractivity contribution is 0.0492. The number of nitrogens with one attached hydrogen (secondary N) is 2. The summed E-state index contributed by atoms with van der Waals surface area (Å²) in [6.07, 6.45) is 7.45. The summed E-state index contributed by atoms with van der Waals surface area (Å²) in [6.45, 7) is 5.55. The Balaban J connectivity index is 1.42. The molecular weight excluding hydrogens is 456 g/mol. The van der Waals surface area contributed by atoms with E-state index in [2.05, 4.69) is 25.7 Å². The molecule has 1 saturated carbocycles. The molecule has 2 heterocycles. The normalized spacial score (nSPS) is 19.1. The number of benzene rings is 1. The summed E-state index contributed by atoms with van der Waals surface area (Å²) in [5.74, 6) is 0.701. The Hall–Kier alpha value is -3.21. The van der Waals surface area contributed by atoms with E-state index >= 15 is 0 Å². The van der Waals surface area contributed by atoms with Gasteiger partial charge in [-0.05, 0) is 70.7 Å². The zero-order valence-electron chi connectivity index (χ0n) is 19.8. The van der Waals surface area contributed by atoms with Crippen molar-refractivity contribution >= 4 is 32.8 Å². The van der Waals surface area contributed by atoms with Gasteiger partial charge in [-0.2, -0.15) is 5.10 Å². The molecule has 0 aliphatic heterocycles. The molecule has 1 aromatic carbocycles. The number of ether oxygens (including phenoxy) is 1. The van der Waals surface area contributed by atoms with Gasteiger partial charge in [-0.3, -0.25) is 0 Å². The third-order valence-electron chi connectivity index (χ3n) is 5.66. The van der Waals surface area contributed by atoms with Gasteiger partial charge in [0.1, 0.15) is 17.7 Å². The van der Waals surface area contributed by atoms with E-state index in [-0.39, 0.29) is 23.1 Å². The zero-order chi connectivity index (χ0) is 24.5. The number of alkyl carbamates (subject to hydrolysis) is 1. The summed E-state index contributed by atoms with van der Waals surface area (Å²) in [7, 11) is -3.27. The minimum Gasteiger partial charge on any atom is -0.444 e. The first kappa shape index (κ1) is 23.9. The first-order valence-corrected chi connectivity index (χ1v) is 13.1. The Morgan fingerprint density at radius 3 is 2.32 bits per heavy atom. The molecular formula is C23H30N6O4S. The second kappa shape index (κ2) is 9.21. The van der Waals surface area contributed by atoms with Gasteiger partial charge in [0.2, 0.25) is 0 Å². The number of sulfone groups is 1. The highest BCUT2D eigenvalue weighted by Crippen LogP contribution is 2.27. The number of hydrogen-bond donors (Lipinski definition) is 2. The number of anilines is 1. The van der Waals surface area contributed by atoms with Gasteiger partial charge in [0.05, 0.1) is 22.2 Å². The highest BCUT2D eigenvalue weighted by molar-refractivity contribution is 7.90. The number of carbonyl (C=O) groups is 1. The van der Waals surface area contributed by atoms with Crippen LogP contribution in [0.4, 0.5) is 10.6 Å². The molecule has 0 unspecified atom stereocenters. The van der Waals surface area contributed by atoms with Crippen molar-refractivity contribution in [2.24, 2.45) is 0 Å². The number of fused-ring (bicyclic) bond motifs is 1. The van der Waals surface area contributed by atoms with Gasteiger partial charge >= 0.3 is 6.09 Å². The van der Waals surface area contributed by atoms with E-state index in [0.717, 1.165) is 31.1 Å². The van der Waals surface area contributed by atoms with E-state index in [1.165, 1.54) is 12.6 Å². The predicted octanol–water partition coefficient (Wildman–Crippen LogP) is 3.47. The topological polar surface area (TPSA) is 128 Å². The minimum atomic E-state index is -3.27. The number of aromatic nitrogens is 4. The second-order valence-corrected chi connectivity index (χ2v) is 11.6. The molecule has 11 heteroatoms. The lowest BCUT2D eigenvalue weighted by Crippen LogP contribution is -2.42. The summed E-state index contributed by atoms with van der Waals surface area (Å²) in [5.41, 5.74) is 0.826. The third-order valence-corrected chi connectivity index (χ3v) is 6.79.